The molecule has 4 nitrogen and oxygen atoms in total. The van der Waals surface area contributed by atoms with E-state index in [-0.39, 0.29) is 6.04 Å². The summed E-state index contributed by atoms with van der Waals surface area (Å²) in [5, 5.41) is 0. The summed E-state index contributed by atoms with van der Waals surface area (Å²) in [5.74, 6) is 0.567. The highest BCUT2D eigenvalue weighted by Gasteiger charge is 2.18. The largest absolute Gasteiger partial charge is 0.463 e. The molecule has 1 aliphatic rings. The van der Waals surface area contributed by atoms with Gasteiger partial charge in [-0.25, -0.2) is 4.99 Å². The number of hydrogen-bond donors (Lipinski definition) is 1. The summed E-state index contributed by atoms with van der Waals surface area (Å²) in [6, 6.07) is 9.11. The molecule has 0 bridgehead atoms. The van der Waals surface area contributed by atoms with Crippen molar-refractivity contribution in [2.24, 2.45) is 10.7 Å². The van der Waals surface area contributed by atoms with E-state index < -0.39 is 0 Å². The minimum atomic E-state index is 0.139. The molecule has 2 N–H and O–H groups in total. The van der Waals surface area contributed by atoms with Gasteiger partial charge >= 0.3 is 0 Å². The van der Waals surface area contributed by atoms with E-state index in [4.69, 9.17) is 10.5 Å². The van der Waals surface area contributed by atoms with E-state index in [2.05, 4.69) is 55.1 Å². The molecule has 0 saturated heterocycles. The predicted molar refractivity (Wildman–Crippen MR) is 75.2 cm³/mol. The fourth-order valence-corrected chi connectivity index (χ4v) is 2.06. The topological polar surface area (TPSA) is 50.9 Å². The van der Waals surface area contributed by atoms with E-state index in [0.717, 1.165) is 6.54 Å². The molecular weight excluding hydrogens is 226 g/mol. The molecule has 98 valence electrons. The Labute approximate surface area is 108 Å². The lowest BCUT2D eigenvalue weighted by Gasteiger charge is -2.21. The molecule has 0 aliphatic carbocycles. The Hall–Kier alpha value is -1.71. The van der Waals surface area contributed by atoms with Crippen LogP contribution in [-0.4, -0.2) is 32.3 Å². The Morgan fingerprint density at radius 2 is 2.06 bits per heavy atom. The summed E-state index contributed by atoms with van der Waals surface area (Å²) >= 11 is 0. The first-order valence-electron chi connectivity index (χ1n) is 6.33. The Morgan fingerprint density at radius 1 is 1.39 bits per heavy atom. The number of likely N-dealkylation sites (N-methyl/N-ethyl adjacent to an activating group) is 1. The zero-order valence-electron chi connectivity index (χ0n) is 11.3. The summed E-state index contributed by atoms with van der Waals surface area (Å²) in [6.07, 6.45) is 0. The van der Waals surface area contributed by atoms with E-state index in [0.29, 0.717) is 18.5 Å². The van der Waals surface area contributed by atoms with Crippen molar-refractivity contribution in [2.45, 2.75) is 25.8 Å². The molecule has 0 radical (unpaired) electrons. The molecule has 1 heterocycles. The van der Waals surface area contributed by atoms with Gasteiger partial charge in [0, 0.05) is 19.3 Å². The van der Waals surface area contributed by atoms with Crippen LogP contribution in [0.15, 0.2) is 29.3 Å². The monoisotopic (exact) mass is 247 g/mol. The van der Waals surface area contributed by atoms with Crippen molar-refractivity contribution in [1.82, 2.24) is 0 Å². The molecular formula is C14H21N3O. The number of benzene rings is 1. The minimum Gasteiger partial charge on any atom is -0.463 e. The normalized spacial score (nSPS) is 18.7. The number of nitrogens with zero attached hydrogens (tertiary/aromatic N) is 2. The molecule has 0 aromatic heterocycles. The average molecular weight is 247 g/mol. The van der Waals surface area contributed by atoms with Crippen LogP contribution in [0.2, 0.25) is 0 Å². The molecule has 18 heavy (non-hydrogen) atoms. The van der Waals surface area contributed by atoms with Crippen LogP contribution in [0.4, 0.5) is 5.69 Å². The van der Waals surface area contributed by atoms with Crippen molar-refractivity contribution in [3.05, 3.63) is 29.8 Å². The van der Waals surface area contributed by atoms with E-state index >= 15 is 0 Å². The molecule has 1 aromatic rings. The molecule has 1 aliphatic heterocycles. The lowest BCUT2D eigenvalue weighted by molar-refractivity contribution is 0.314. The lowest BCUT2D eigenvalue weighted by atomic mass is 10.0. The fourth-order valence-electron chi connectivity index (χ4n) is 2.06. The number of hydrogen-bond acceptors (Lipinski definition) is 4. The van der Waals surface area contributed by atoms with Gasteiger partial charge in [-0.05, 0) is 23.6 Å². The summed E-state index contributed by atoms with van der Waals surface area (Å²) < 4.78 is 5.15. The maximum Gasteiger partial charge on any atom is 0.282 e. The molecule has 0 amide bonds. The zero-order valence-corrected chi connectivity index (χ0v) is 11.3. The second-order valence-corrected chi connectivity index (χ2v) is 5.06. The van der Waals surface area contributed by atoms with Crippen LogP contribution in [0.1, 0.15) is 25.3 Å². The first-order valence-corrected chi connectivity index (χ1v) is 6.33. The Kier molecular flexibility index (Phi) is 3.75. The van der Waals surface area contributed by atoms with Gasteiger partial charge in [0.1, 0.15) is 12.6 Å². The van der Waals surface area contributed by atoms with Crippen molar-refractivity contribution in [2.75, 3.05) is 25.1 Å². The number of ether oxygens (including phenoxy) is 1. The molecule has 0 fully saturated rings. The number of nitrogens with two attached hydrogens (primary N) is 1. The van der Waals surface area contributed by atoms with Crippen LogP contribution in [0.3, 0.4) is 0 Å². The first kappa shape index (κ1) is 12.7. The zero-order chi connectivity index (χ0) is 13.1. The number of rotatable bonds is 4. The Bertz CT molecular complexity index is 425. The van der Waals surface area contributed by atoms with Gasteiger partial charge in [0.25, 0.3) is 6.02 Å². The van der Waals surface area contributed by atoms with Gasteiger partial charge in [0.2, 0.25) is 0 Å². The minimum absolute atomic E-state index is 0.139. The van der Waals surface area contributed by atoms with Gasteiger partial charge in [-0.1, -0.05) is 26.0 Å². The van der Waals surface area contributed by atoms with Crippen molar-refractivity contribution in [1.29, 1.82) is 0 Å². The van der Waals surface area contributed by atoms with Gasteiger partial charge in [-0.15, -0.1) is 0 Å². The van der Waals surface area contributed by atoms with Crippen molar-refractivity contribution in [3.63, 3.8) is 0 Å². The quantitative estimate of drug-likeness (QED) is 0.885. The molecule has 0 unspecified atom stereocenters. The van der Waals surface area contributed by atoms with Crippen LogP contribution in [0.25, 0.3) is 0 Å². The molecule has 0 saturated carbocycles. The van der Waals surface area contributed by atoms with Crippen LogP contribution < -0.4 is 10.6 Å². The van der Waals surface area contributed by atoms with Gasteiger partial charge in [0.15, 0.2) is 0 Å². The molecule has 0 spiro atoms. The highest BCUT2D eigenvalue weighted by molar-refractivity contribution is 5.73. The third-order valence-corrected chi connectivity index (χ3v) is 3.22. The predicted octanol–water partition coefficient (Wildman–Crippen LogP) is 1.96. The molecule has 1 atom stereocenters. The summed E-state index contributed by atoms with van der Waals surface area (Å²) in [7, 11) is 2.06. The van der Waals surface area contributed by atoms with E-state index in [1.54, 1.807) is 0 Å². The SMILES string of the molecule is CC(C)c1ccc(N(C)C[C@H]2COC(N)=N2)cc1. The molecule has 1 aromatic carbocycles. The van der Waals surface area contributed by atoms with Crippen molar-refractivity contribution >= 4 is 11.7 Å². The first-order chi connectivity index (χ1) is 8.56. The van der Waals surface area contributed by atoms with Crippen molar-refractivity contribution < 1.29 is 4.74 Å². The third-order valence-electron chi connectivity index (χ3n) is 3.22. The van der Waals surface area contributed by atoms with E-state index in [1.165, 1.54) is 11.3 Å². The fraction of sp³-hybridized carbons (Fsp3) is 0.500. The standard InChI is InChI=1S/C14H21N3O/c1-10(2)11-4-6-13(7-5-11)17(3)8-12-9-18-14(15)16-12/h4-7,10,12H,8-9H2,1-3H3,(H2,15,16)/t12-/m0/s1. The van der Waals surface area contributed by atoms with E-state index in [9.17, 15) is 0 Å². The van der Waals surface area contributed by atoms with E-state index in [1.807, 2.05) is 0 Å². The highest BCUT2D eigenvalue weighted by atomic mass is 16.5. The maximum absolute atomic E-state index is 5.50. The van der Waals surface area contributed by atoms with Crippen LogP contribution >= 0.6 is 0 Å². The van der Waals surface area contributed by atoms with Gasteiger partial charge in [-0.3, -0.25) is 0 Å². The second-order valence-electron chi connectivity index (χ2n) is 5.06. The lowest BCUT2D eigenvalue weighted by Crippen LogP contribution is -2.28. The number of amidine groups is 1. The molecule has 2 rings (SSSR count). The number of anilines is 1. The van der Waals surface area contributed by atoms with Crippen LogP contribution in [0.5, 0.6) is 0 Å². The summed E-state index contributed by atoms with van der Waals surface area (Å²) in [5.41, 5.74) is 8.06. The Balaban J connectivity index is 1.98. The summed E-state index contributed by atoms with van der Waals surface area (Å²) in [6.45, 7) is 5.81. The smallest absolute Gasteiger partial charge is 0.282 e. The second kappa shape index (κ2) is 5.29. The number of aliphatic imine (C=N–C) groups is 1. The average Bonchev–Trinajstić information content (AvgIpc) is 2.75. The Morgan fingerprint density at radius 3 is 2.56 bits per heavy atom. The summed E-state index contributed by atoms with van der Waals surface area (Å²) in [4.78, 5) is 6.41. The van der Waals surface area contributed by atoms with Crippen LogP contribution in [-0.2, 0) is 4.74 Å². The third kappa shape index (κ3) is 2.94. The highest BCUT2D eigenvalue weighted by Crippen LogP contribution is 2.20. The van der Waals surface area contributed by atoms with Crippen molar-refractivity contribution in [3.8, 4) is 0 Å². The van der Waals surface area contributed by atoms with Gasteiger partial charge in [0.05, 0.1) is 0 Å². The van der Waals surface area contributed by atoms with Gasteiger partial charge in [-0.2, -0.15) is 0 Å². The van der Waals surface area contributed by atoms with Crippen LogP contribution in [0, 0.1) is 0 Å². The maximum atomic E-state index is 5.50. The van der Waals surface area contributed by atoms with Gasteiger partial charge < -0.3 is 15.4 Å². The molecule has 4 heteroatoms.